The molecule has 0 atom stereocenters. The van der Waals surface area contributed by atoms with E-state index in [4.69, 9.17) is 9.47 Å². The van der Waals surface area contributed by atoms with Gasteiger partial charge in [-0.15, -0.1) is 0 Å². The fraction of sp³-hybridized carbons (Fsp3) is 0.480. The number of hydrogen-bond acceptors (Lipinski definition) is 8. The summed E-state index contributed by atoms with van der Waals surface area (Å²) in [5.74, 6) is -0.859. The lowest BCUT2D eigenvalue weighted by Crippen LogP contribution is -2.34. The Bertz CT molecular complexity index is 1100. The van der Waals surface area contributed by atoms with Crippen LogP contribution in [0.2, 0.25) is 0 Å². The Balaban J connectivity index is 1.71. The van der Waals surface area contributed by atoms with Crippen LogP contribution in [0.1, 0.15) is 47.3 Å². The first-order valence-electron chi connectivity index (χ1n) is 11.7. The average Bonchev–Trinajstić information content (AvgIpc) is 3.10. The molecule has 3 rings (SSSR count). The molecule has 35 heavy (non-hydrogen) atoms. The minimum Gasteiger partial charge on any atom is -0.492 e. The fourth-order valence-electron chi connectivity index (χ4n) is 4.09. The molecule has 0 unspecified atom stereocenters. The molecule has 2 aromatic heterocycles. The zero-order chi connectivity index (χ0) is 25.2. The number of methoxy groups -OCH3 is 2. The molecular formula is C25H31N3O7. The average molecular weight is 486 g/mol. The van der Waals surface area contributed by atoms with Crippen LogP contribution < -0.4 is 10.3 Å². The van der Waals surface area contributed by atoms with Crippen molar-refractivity contribution in [2.45, 2.75) is 45.1 Å². The van der Waals surface area contributed by atoms with E-state index in [9.17, 15) is 19.2 Å². The van der Waals surface area contributed by atoms with Gasteiger partial charge < -0.3 is 23.7 Å². The lowest BCUT2D eigenvalue weighted by atomic mass is 10.1. The van der Waals surface area contributed by atoms with Gasteiger partial charge in [-0.1, -0.05) is 0 Å². The number of aromatic nitrogens is 2. The van der Waals surface area contributed by atoms with Gasteiger partial charge in [-0.2, -0.15) is 0 Å². The van der Waals surface area contributed by atoms with E-state index < -0.39 is 5.97 Å². The quantitative estimate of drug-likeness (QED) is 0.369. The highest BCUT2D eigenvalue weighted by atomic mass is 16.5. The number of ether oxygens (including phenoxy) is 3. The SMILES string of the molecule is COC(=O)CCCC(=O)N1CCc2c(C(=O)OC)c(OCCCc3ccncc3)cc(=O)n2CC1. The van der Waals surface area contributed by atoms with Gasteiger partial charge in [0, 0.05) is 63.1 Å². The first kappa shape index (κ1) is 25.9. The van der Waals surface area contributed by atoms with Gasteiger partial charge in [0.05, 0.1) is 20.8 Å². The number of esters is 2. The van der Waals surface area contributed by atoms with E-state index in [-0.39, 0.29) is 48.1 Å². The van der Waals surface area contributed by atoms with Crippen molar-refractivity contribution < 1.29 is 28.6 Å². The second kappa shape index (κ2) is 12.7. The van der Waals surface area contributed by atoms with E-state index in [1.165, 1.54) is 24.9 Å². The first-order chi connectivity index (χ1) is 16.9. The molecule has 0 aliphatic carbocycles. The highest BCUT2D eigenvalue weighted by Crippen LogP contribution is 2.24. The van der Waals surface area contributed by atoms with Crippen LogP contribution >= 0.6 is 0 Å². The van der Waals surface area contributed by atoms with E-state index in [1.807, 2.05) is 12.1 Å². The Morgan fingerprint density at radius 1 is 1.00 bits per heavy atom. The van der Waals surface area contributed by atoms with Crippen molar-refractivity contribution in [3.63, 3.8) is 0 Å². The van der Waals surface area contributed by atoms with Gasteiger partial charge in [0.25, 0.3) is 5.56 Å². The van der Waals surface area contributed by atoms with Crippen molar-refractivity contribution in [2.24, 2.45) is 0 Å². The summed E-state index contributed by atoms with van der Waals surface area (Å²) in [6.45, 7) is 1.24. The molecular weight excluding hydrogens is 454 g/mol. The molecule has 0 radical (unpaired) electrons. The van der Waals surface area contributed by atoms with Crippen LogP contribution in [-0.4, -0.2) is 66.2 Å². The molecule has 0 bridgehead atoms. The molecule has 0 spiro atoms. The van der Waals surface area contributed by atoms with Crippen LogP contribution in [0, 0.1) is 0 Å². The van der Waals surface area contributed by atoms with Crippen LogP contribution in [0.5, 0.6) is 5.75 Å². The second-order valence-electron chi connectivity index (χ2n) is 8.18. The van der Waals surface area contributed by atoms with Gasteiger partial charge in [-0.05, 0) is 37.0 Å². The molecule has 0 N–H and O–H groups in total. The maximum Gasteiger partial charge on any atom is 0.343 e. The highest BCUT2D eigenvalue weighted by molar-refractivity contribution is 5.93. The third-order valence-corrected chi connectivity index (χ3v) is 5.95. The van der Waals surface area contributed by atoms with Crippen molar-refractivity contribution in [3.8, 4) is 5.75 Å². The standard InChI is InChI=1S/C25H31N3O7/c1-33-23(31)7-3-6-21(29)27-13-10-19-24(25(32)34-2)20(17-22(30)28(19)15-14-27)35-16-4-5-18-8-11-26-12-9-18/h8-9,11-12,17H,3-7,10,13-16H2,1-2H3. The van der Waals surface area contributed by atoms with Crippen molar-refractivity contribution >= 4 is 17.8 Å². The number of carbonyl (C=O) groups is 3. The molecule has 0 aromatic carbocycles. The predicted octanol–water partition coefficient (Wildman–Crippen LogP) is 1.77. The summed E-state index contributed by atoms with van der Waals surface area (Å²) in [7, 11) is 2.59. The van der Waals surface area contributed by atoms with Gasteiger partial charge >= 0.3 is 11.9 Å². The smallest absolute Gasteiger partial charge is 0.343 e. The topological polar surface area (TPSA) is 117 Å². The normalized spacial score (nSPS) is 12.9. The van der Waals surface area contributed by atoms with E-state index >= 15 is 0 Å². The molecule has 3 heterocycles. The lowest BCUT2D eigenvalue weighted by molar-refractivity contribution is -0.140. The number of pyridine rings is 2. The number of fused-ring (bicyclic) bond motifs is 1. The van der Waals surface area contributed by atoms with Crippen molar-refractivity contribution in [1.29, 1.82) is 0 Å². The number of rotatable bonds is 10. The molecule has 10 nitrogen and oxygen atoms in total. The highest BCUT2D eigenvalue weighted by Gasteiger charge is 2.27. The van der Waals surface area contributed by atoms with Crippen molar-refractivity contribution in [1.82, 2.24) is 14.5 Å². The lowest BCUT2D eigenvalue weighted by Gasteiger charge is -2.19. The van der Waals surface area contributed by atoms with E-state index in [1.54, 1.807) is 17.3 Å². The molecule has 10 heteroatoms. The summed E-state index contributed by atoms with van der Waals surface area (Å²) in [5.41, 5.74) is 1.54. The number of hydrogen-bond donors (Lipinski definition) is 0. The maximum atomic E-state index is 12.9. The van der Waals surface area contributed by atoms with Crippen molar-refractivity contribution in [2.75, 3.05) is 33.9 Å². The zero-order valence-corrected chi connectivity index (χ0v) is 20.2. The Morgan fingerprint density at radius 2 is 1.77 bits per heavy atom. The number of amides is 1. The van der Waals surface area contributed by atoms with E-state index in [0.29, 0.717) is 44.7 Å². The third kappa shape index (κ3) is 6.91. The van der Waals surface area contributed by atoms with Crippen LogP contribution in [-0.2, 0) is 38.4 Å². The maximum absolute atomic E-state index is 12.9. The Labute approximate surface area is 203 Å². The van der Waals surface area contributed by atoms with Crippen LogP contribution in [0.3, 0.4) is 0 Å². The molecule has 188 valence electrons. The number of aryl methyl sites for hydroxylation is 1. The molecule has 0 fully saturated rings. The Morgan fingerprint density at radius 3 is 2.49 bits per heavy atom. The molecule has 1 amide bonds. The third-order valence-electron chi connectivity index (χ3n) is 5.95. The van der Waals surface area contributed by atoms with Crippen molar-refractivity contribution in [3.05, 3.63) is 57.8 Å². The van der Waals surface area contributed by atoms with Gasteiger partial charge in [0.2, 0.25) is 5.91 Å². The summed E-state index contributed by atoms with van der Waals surface area (Å²) < 4.78 is 17.0. The summed E-state index contributed by atoms with van der Waals surface area (Å²) in [6, 6.07) is 5.17. The Hall–Kier alpha value is -3.69. The minimum atomic E-state index is -0.587. The molecule has 2 aromatic rings. The molecule has 1 aliphatic heterocycles. The predicted molar refractivity (Wildman–Crippen MR) is 126 cm³/mol. The summed E-state index contributed by atoms with van der Waals surface area (Å²) in [6.07, 6.45) is 5.98. The van der Waals surface area contributed by atoms with E-state index in [0.717, 1.165) is 12.0 Å². The zero-order valence-electron chi connectivity index (χ0n) is 20.2. The number of nitrogens with zero attached hydrogens (tertiary/aromatic N) is 3. The van der Waals surface area contributed by atoms with Crippen LogP contribution in [0.25, 0.3) is 0 Å². The molecule has 0 saturated heterocycles. The number of carbonyl (C=O) groups excluding carboxylic acids is 3. The van der Waals surface area contributed by atoms with Gasteiger partial charge in [0.1, 0.15) is 11.3 Å². The molecule has 1 aliphatic rings. The first-order valence-corrected chi connectivity index (χ1v) is 11.7. The monoisotopic (exact) mass is 485 g/mol. The largest absolute Gasteiger partial charge is 0.492 e. The summed E-state index contributed by atoms with van der Waals surface area (Å²) in [5, 5.41) is 0. The fourth-order valence-corrected chi connectivity index (χ4v) is 4.09. The van der Waals surface area contributed by atoms with Gasteiger partial charge in [0.15, 0.2) is 0 Å². The second-order valence-corrected chi connectivity index (χ2v) is 8.18. The van der Waals surface area contributed by atoms with Crippen LogP contribution in [0.4, 0.5) is 0 Å². The molecule has 0 saturated carbocycles. The Kier molecular flexibility index (Phi) is 9.39. The summed E-state index contributed by atoms with van der Waals surface area (Å²) >= 11 is 0. The van der Waals surface area contributed by atoms with Gasteiger partial charge in [-0.25, -0.2) is 4.79 Å². The van der Waals surface area contributed by atoms with Gasteiger partial charge in [-0.3, -0.25) is 19.4 Å². The minimum absolute atomic E-state index is 0.109. The van der Waals surface area contributed by atoms with E-state index in [2.05, 4.69) is 9.72 Å². The van der Waals surface area contributed by atoms with Crippen LogP contribution in [0.15, 0.2) is 35.4 Å². The summed E-state index contributed by atoms with van der Waals surface area (Å²) in [4.78, 5) is 55.2.